The SMILES string of the molecule is Fc1ccc(=S)[nH]c1Br. The van der Waals surface area contributed by atoms with Crippen molar-refractivity contribution < 1.29 is 4.39 Å². The first-order chi connectivity index (χ1) is 4.20. The third-order valence-electron chi connectivity index (χ3n) is 0.824. The van der Waals surface area contributed by atoms with E-state index in [1.807, 2.05) is 0 Å². The summed E-state index contributed by atoms with van der Waals surface area (Å²) in [7, 11) is 0. The Morgan fingerprint density at radius 1 is 1.56 bits per heavy atom. The van der Waals surface area contributed by atoms with Crippen molar-refractivity contribution in [2.75, 3.05) is 0 Å². The van der Waals surface area contributed by atoms with Crippen LogP contribution in [0.2, 0.25) is 0 Å². The summed E-state index contributed by atoms with van der Waals surface area (Å²) in [4.78, 5) is 2.59. The van der Waals surface area contributed by atoms with Crippen LogP contribution in [-0.2, 0) is 0 Å². The minimum absolute atomic E-state index is 0.301. The van der Waals surface area contributed by atoms with Gasteiger partial charge in [-0.25, -0.2) is 4.39 Å². The Morgan fingerprint density at radius 3 is 2.67 bits per heavy atom. The van der Waals surface area contributed by atoms with E-state index in [1.54, 1.807) is 0 Å². The molecule has 0 saturated heterocycles. The van der Waals surface area contributed by atoms with E-state index in [-0.39, 0.29) is 5.82 Å². The molecule has 48 valence electrons. The van der Waals surface area contributed by atoms with Crippen LogP contribution < -0.4 is 0 Å². The van der Waals surface area contributed by atoms with Crippen LogP contribution in [0.4, 0.5) is 4.39 Å². The number of rotatable bonds is 0. The molecule has 0 atom stereocenters. The second-order valence-corrected chi connectivity index (χ2v) is 2.72. The first-order valence-corrected chi connectivity index (χ1v) is 3.44. The molecule has 4 heteroatoms. The normalized spacial score (nSPS) is 9.56. The average molecular weight is 208 g/mol. The van der Waals surface area contributed by atoms with Crippen molar-refractivity contribution in [3.8, 4) is 0 Å². The Labute approximate surface area is 65.0 Å². The van der Waals surface area contributed by atoms with Gasteiger partial charge < -0.3 is 4.98 Å². The lowest BCUT2D eigenvalue weighted by Gasteiger charge is -1.90. The number of aromatic amines is 1. The number of H-pyrrole nitrogens is 1. The van der Waals surface area contributed by atoms with Crippen LogP contribution in [0.3, 0.4) is 0 Å². The van der Waals surface area contributed by atoms with Gasteiger partial charge in [-0.2, -0.15) is 0 Å². The minimum atomic E-state index is -0.330. The summed E-state index contributed by atoms with van der Waals surface area (Å²) < 4.78 is 13.2. The van der Waals surface area contributed by atoms with E-state index in [2.05, 4.69) is 20.9 Å². The molecule has 0 fully saturated rings. The zero-order chi connectivity index (χ0) is 6.85. The molecule has 0 aromatic carbocycles. The third-order valence-corrected chi connectivity index (χ3v) is 1.64. The number of halogens is 2. The van der Waals surface area contributed by atoms with Crippen molar-refractivity contribution in [2.45, 2.75) is 0 Å². The van der Waals surface area contributed by atoms with E-state index in [9.17, 15) is 4.39 Å². The Kier molecular flexibility index (Phi) is 1.97. The molecule has 0 spiro atoms. The predicted molar refractivity (Wildman–Crippen MR) is 39.3 cm³/mol. The van der Waals surface area contributed by atoms with Crippen LogP contribution in [0.5, 0.6) is 0 Å². The maximum Gasteiger partial charge on any atom is 0.153 e. The monoisotopic (exact) mass is 207 g/mol. The quantitative estimate of drug-likeness (QED) is 0.511. The molecule has 0 aliphatic rings. The van der Waals surface area contributed by atoms with Crippen LogP contribution in [0.15, 0.2) is 16.7 Å². The summed E-state index contributed by atoms with van der Waals surface area (Å²) in [6.45, 7) is 0. The van der Waals surface area contributed by atoms with Gasteiger partial charge in [0.05, 0.1) is 0 Å². The van der Waals surface area contributed by atoms with Gasteiger partial charge in [0.2, 0.25) is 0 Å². The molecule has 1 nitrogen and oxygen atoms in total. The number of hydrogen-bond donors (Lipinski definition) is 1. The zero-order valence-corrected chi connectivity index (χ0v) is 6.72. The molecule has 1 rings (SSSR count). The second-order valence-electron chi connectivity index (χ2n) is 1.48. The molecule has 0 aliphatic heterocycles. The van der Waals surface area contributed by atoms with Gasteiger partial charge in [-0.3, -0.25) is 0 Å². The van der Waals surface area contributed by atoms with Gasteiger partial charge in [-0.1, -0.05) is 12.2 Å². The van der Waals surface area contributed by atoms with E-state index in [0.717, 1.165) is 0 Å². The van der Waals surface area contributed by atoms with Crippen molar-refractivity contribution in [2.24, 2.45) is 0 Å². The largest absolute Gasteiger partial charge is 0.338 e. The molecule has 0 radical (unpaired) electrons. The molecule has 0 saturated carbocycles. The first kappa shape index (κ1) is 6.89. The van der Waals surface area contributed by atoms with Crippen molar-refractivity contribution in [1.82, 2.24) is 4.98 Å². The van der Waals surface area contributed by atoms with Crippen molar-refractivity contribution in [3.05, 3.63) is 27.2 Å². The summed E-state index contributed by atoms with van der Waals surface area (Å²) in [5.74, 6) is -0.330. The molecular weight excluding hydrogens is 205 g/mol. The van der Waals surface area contributed by atoms with Crippen LogP contribution in [0.1, 0.15) is 0 Å². The smallest absolute Gasteiger partial charge is 0.153 e. The minimum Gasteiger partial charge on any atom is -0.338 e. The molecule has 1 heterocycles. The molecule has 0 amide bonds. The number of nitrogens with one attached hydrogen (secondary N) is 1. The standard InChI is InChI=1S/C5H3BrFNS/c6-5-3(7)1-2-4(9)8-5/h1-2H,(H,8,9). The Morgan fingerprint density at radius 2 is 2.22 bits per heavy atom. The van der Waals surface area contributed by atoms with Gasteiger partial charge >= 0.3 is 0 Å². The highest BCUT2D eigenvalue weighted by atomic mass is 79.9. The van der Waals surface area contributed by atoms with Gasteiger partial charge in [0.25, 0.3) is 0 Å². The van der Waals surface area contributed by atoms with Crippen LogP contribution in [-0.4, -0.2) is 4.98 Å². The van der Waals surface area contributed by atoms with E-state index in [4.69, 9.17) is 12.2 Å². The highest BCUT2D eigenvalue weighted by Gasteiger charge is 1.93. The number of pyridine rings is 1. The molecule has 0 aliphatic carbocycles. The highest BCUT2D eigenvalue weighted by molar-refractivity contribution is 9.10. The Bertz CT molecular complexity index is 270. The lowest BCUT2D eigenvalue weighted by atomic mass is 10.5. The molecule has 0 unspecified atom stereocenters. The summed E-state index contributed by atoms with van der Waals surface area (Å²) >= 11 is 7.66. The van der Waals surface area contributed by atoms with Gasteiger partial charge in [-0.05, 0) is 28.1 Å². The molecular formula is C5H3BrFNS. The Hall–Kier alpha value is -0.220. The van der Waals surface area contributed by atoms with E-state index in [1.165, 1.54) is 12.1 Å². The van der Waals surface area contributed by atoms with Gasteiger partial charge in [-0.15, -0.1) is 0 Å². The third kappa shape index (κ3) is 1.59. The van der Waals surface area contributed by atoms with Crippen LogP contribution in [0, 0.1) is 10.5 Å². The Balaban J connectivity index is 3.34. The van der Waals surface area contributed by atoms with Crippen LogP contribution in [0.25, 0.3) is 0 Å². The summed E-state index contributed by atoms with van der Waals surface area (Å²) in [6.07, 6.45) is 0. The van der Waals surface area contributed by atoms with E-state index < -0.39 is 0 Å². The van der Waals surface area contributed by atoms with Gasteiger partial charge in [0, 0.05) is 0 Å². The maximum absolute atomic E-state index is 12.4. The molecule has 1 aromatic rings. The summed E-state index contributed by atoms with van der Waals surface area (Å²) in [6, 6.07) is 2.80. The highest BCUT2D eigenvalue weighted by Crippen LogP contribution is 2.09. The summed E-state index contributed by atoms with van der Waals surface area (Å²) in [5.41, 5.74) is 0. The zero-order valence-electron chi connectivity index (χ0n) is 4.32. The van der Waals surface area contributed by atoms with Crippen molar-refractivity contribution in [3.63, 3.8) is 0 Å². The maximum atomic E-state index is 12.4. The van der Waals surface area contributed by atoms with Gasteiger partial charge in [0.15, 0.2) is 5.82 Å². The molecule has 0 bridgehead atoms. The van der Waals surface area contributed by atoms with Crippen LogP contribution >= 0.6 is 28.1 Å². The predicted octanol–water partition coefficient (Wildman–Crippen LogP) is 2.65. The molecule has 9 heavy (non-hydrogen) atoms. The van der Waals surface area contributed by atoms with Crippen molar-refractivity contribution in [1.29, 1.82) is 0 Å². The fraction of sp³-hybridized carbons (Fsp3) is 0. The van der Waals surface area contributed by atoms with E-state index in [0.29, 0.717) is 9.24 Å². The lowest BCUT2D eigenvalue weighted by Crippen LogP contribution is -1.80. The summed E-state index contributed by atoms with van der Waals surface area (Å²) in [5, 5.41) is 0. The topological polar surface area (TPSA) is 15.8 Å². The second kappa shape index (κ2) is 2.58. The van der Waals surface area contributed by atoms with Gasteiger partial charge in [0.1, 0.15) is 9.24 Å². The fourth-order valence-corrected chi connectivity index (χ4v) is 1.08. The fourth-order valence-electron chi connectivity index (χ4n) is 0.432. The lowest BCUT2D eigenvalue weighted by molar-refractivity contribution is 0.612. The first-order valence-electron chi connectivity index (χ1n) is 2.24. The van der Waals surface area contributed by atoms with Crippen molar-refractivity contribution >= 4 is 28.1 Å². The molecule has 1 N–H and O–H groups in total. The number of hydrogen-bond acceptors (Lipinski definition) is 1. The average Bonchev–Trinajstić information content (AvgIpc) is 1.80. The van der Waals surface area contributed by atoms with E-state index >= 15 is 0 Å². The number of aromatic nitrogens is 1. The molecule has 1 aromatic heterocycles.